The molecule has 30 heavy (non-hydrogen) atoms. The first-order chi connectivity index (χ1) is 14.1. The van der Waals surface area contributed by atoms with E-state index in [-0.39, 0.29) is 12.4 Å². The molecular formula is C27H46ClNO. The van der Waals surface area contributed by atoms with E-state index in [1.54, 1.807) is 0 Å². The highest BCUT2D eigenvalue weighted by Crippen LogP contribution is 2.15. The summed E-state index contributed by atoms with van der Waals surface area (Å²) in [5.41, 5.74) is 1.23. The molecular weight excluding hydrogens is 390 g/mol. The molecule has 0 aliphatic carbocycles. The molecule has 1 aromatic rings. The molecule has 0 atom stereocenters. The normalized spacial score (nSPS) is 11.6. The van der Waals surface area contributed by atoms with E-state index in [4.69, 9.17) is 0 Å². The van der Waals surface area contributed by atoms with E-state index in [1.165, 1.54) is 82.6 Å². The molecule has 1 rings (SSSR count). The van der Waals surface area contributed by atoms with Crippen molar-refractivity contribution in [2.24, 2.45) is 0 Å². The van der Waals surface area contributed by atoms with Crippen molar-refractivity contribution in [2.45, 2.75) is 103 Å². The molecule has 0 unspecified atom stereocenters. The number of hydrogen-bond donors (Lipinski definition) is 0. The van der Waals surface area contributed by atoms with E-state index in [2.05, 4.69) is 31.2 Å². The minimum atomic E-state index is 0. The van der Waals surface area contributed by atoms with Crippen LogP contribution in [0, 0.1) is 0 Å². The number of benzene rings is 1. The fourth-order valence-corrected chi connectivity index (χ4v) is 3.78. The van der Waals surface area contributed by atoms with Crippen molar-refractivity contribution in [2.75, 3.05) is 14.1 Å². The Kier molecular flexibility index (Phi) is 17.9. The van der Waals surface area contributed by atoms with Crippen LogP contribution in [0.25, 0.3) is 0 Å². The van der Waals surface area contributed by atoms with Crippen LogP contribution in [0.5, 0.6) is 0 Å². The Morgan fingerprint density at radius 3 is 1.83 bits per heavy atom. The Bertz CT molecular complexity index is 553. The van der Waals surface area contributed by atoms with Crippen LogP contribution >= 0.6 is 0 Å². The van der Waals surface area contributed by atoms with Gasteiger partial charge < -0.3 is 12.4 Å². The first-order valence-electron chi connectivity index (χ1n) is 12.1. The molecule has 0 aliphatic rings. The van der Waals surface area contributed by atoms with Crippen molar-refractivity contribution in [3.8, 4) is 0 Å². The van der Waals surface area contributed by atoms with Crippen molar-refractivity contribution in [1.29, 1.82) is 0 Å². The number of hydrogen-bond acceptors (Lipinski definition) is 1. The number of amides is 1. The highest BCUT2D eigenvalue weighted by Gasteiger charge is 2.25. The van der Waals surface area contributed by atoms with Crippen molar-refractivity contribution in [3.05, 3.63) is 48.0 Å². The number of unbranched alkanes of at least 4 members (excludes halogenated alkanes) is 11. The van der Waals surface area contributed by atoms with Crippen LogP contribution < -0.4 is 12.4 Å². The molecule has 0 bridgehead atoms. The van der Waals surface area contributed by atoms with E-state index in [9.17, 15) is 4.79 Å². The van der Waals surface area contributed by atoms with Crippen molar-refractivity contribution < 1.29 is 21.7 Å². The molecule has 0 saturated carbocycles. The Morgan fingerprint density at radius 2 is 1.27 bits per heavy atom. The molecule has 0 heterocycles. The van der Waals surface area contributed by atoms with Crippen LogP contribution in [0.15, 0.2) is 42.5 Å². The molecule has 0 fully saturated rings. The maximum atomic E-state index is 12.6. The Morgan fingerprint density at radius 1 is 0.767 bits per heavy atom. The molecule has 3 heteroatoms. The lowest BCUT2D eigenvalue weighted by Gasteiger charge is -2.27. The average molecular weight is 436 g/mol. The fraction of sp³-hybridized carbons (Fsp3) is 0.667. The van der Waals surface area contributed by atoms with E-state index < -0.39 is 0 Å². The lowest BCUT2D eigenvalue weighted by Crippen LogP contribution is -3.00. The predicted octanol–water partition coefficient (Wildman–Crippen LogP) is 4.83. The van der Waals surface area contributed by atoms with E-state index >= 15 is 0 Å². The zero-order chi connectivity index (χ0) is 21.2. The first-order valence-corrected chi connectivity index (χ1v) is 12.1. The van der Waals surface area contributed by atoms with E-state index in [1.807, 2.05) is 32.3 Å². The summed E-state index contributed by atoms with van der Waals surface area (Å²) in [4.78, 5) is 12.6. The van der Waals surface area contributed by atoms with Crippen molar-refractivity contribution in [1.82, 2.24) is 0 Å². The molecule has 0 saturated heterocycles. The van der Waals surface area contributed by atoms with Crippen LogP contribution in [0.4, 0.5) is 0 Å². The van der Waals surface area contributed by atoms with Gasteiger partial charge in [0, 0.05) is 5.56 Å². The van der Waals surface area contributed by atoms with Crippen LogP contribution in [0.1, 0.15) is 102 Å². The number of nitrogens with zero attached hydrogens (tertiary/aromatic N) is 1. The maximum Gasteiger partial charge on any atom is 0.313 e. The molecule has 0 aromatic heterocycles. The zero-order valence-corrected chi connectivity index (χ0v) is 20.6. The number of quaternary nitrogens is 1. The monoisotopic (exact) mass is 435 g/mol. The summed E-state index contributed by atoms with van der Waals surface area (Å²) in [7, 11) is 4.07. The molecule has 0 spiro atoms. The summed E-state index contributed by atoms with van der Waals surface area (Å²) in [5, 5.41) is 0. The third-order valence-electron chi connectivity index (χ3n) is 5.75. The second-order valence-corrected chi connectivity index (χ2v) is 9.06. The van der Waals surface area contributed by atoms with Crippen LogP contribution in [-0.2, 0) is 11.3 Å². The second-order valence-electron chi connectivity index (χ2n) is 9.06. The van der Waals surface area contributed by atoms with Gasteiger partial charge in [0.1, 0.15) is 6.54 Å². The van der Waals surface area contributed by atoms with Gasteiger partial charge in [-0.15, -0.1) is 0 Å². The molecule has 1 amide bonds. The Hall–Kier alpha value is -1.12. The number of carbonyl (C=O) groups excluding carboxylic acids is 1. The fourth-order valence-electron chi connectivity index (χ4n) is 3.78. The quantitative estimate of drug-likeness (QED) is 0.194. The number of allylic oxidation sites excluding steroid dienone is 2. The molecule has 172 valence electrons. The summed E-state index contributed by atoms with van der Waals surface area (Å²) >= 11 is 0. The Balaban J connectivity index is 0.00000841. The number of halogens is 1. The first kappa shape index (κ1) is 28.9. The predicted molar refractivity (Wildman–Crippen MR) is 127 cm³/mol. The van der Waals surface area contributed by atoms with Gasteiger partial charge in [-0.05, 0) is 32.1 Å². The van der Waals surface area contributed by atoms with Crippen molar-refractivity contribution in [3.63, 3.8) is 0 Å². The third-order valence-corrected chi connectivity index (χ3v) is 5.75. The van der Waals surface area contributed by atoms with Gasteiger partial charge in [-0.25, -0.2) is 4.79 Å². The third kappa shape index (κ3) is 14.8. The zero-order valence-electron chi connectivity index (χ0n) is 19.9. The summed E-state index contributed by atoms with van der Waals surface area (Å²) in [6.07, 6.45) is 22.3. The lowest BCUT2D eigenvalue weighted by atomic mass is 10.1. The standard InChI is InChI=1S/C27H46NO.ClH/c1-4-5-6-7-8-9-10-11-12-13-14-15-16-17-21-24-27(29)28(2,3)25-26-22-19-18-20-23-26;/h11-12,18-20,22-23H,4-10,13-17,21,24-25H2,1-3H3;1H/q+1;/p-1/b12-11-;. The SMILES string of the molecule is CCCCCCCC/C=C\CCCCCCCC(=O)[N+](C)(C)Cc1ccccc1.[Cl-]. The average Bonchev–Trinajstić information content (AvgIpc) is 2.71. The van der Waals surface area contributed by atoms with Crippen molar-refractivity contribution >= 4 is 5.91 Å². The minimum absolute atomic E-state index is 0. The smallest absolute Gasteiger partial charge is 0.313 e. The maximum absolute atomic E-state index is 12.6. The van der Waals surface area contributed by atoms with E-state index in [0.29, 0.717) is 16.8 Å². The minimum Gasteiger partial charge on any atom is -1.00 e. The summed E-state index contributed by atoms with van der Waals surface area (Å²) in [6, 6.07) is 10.3. The van der Waals surface area contributed by atoms with Crippen LogP contribution in [0.2, 0.25) is 0 Å². The molecule has 0 aliphatic heterocycles. The molecule has 0 radical (unpaired) electrons. The van der Waals surface area contributed by atoms with Gasteiger partial charge >= 0.3 is 5.91 Å². The van der Waals surface area contributed by atoms with Gasteiger partial charge in [-0.3, -0.25) is 4.48 Å². The molecule has 0 N–H and O–H groups in total. The van der Waals surface area contributed by atoms with Crippen LogP contribution in [-0.4, -0.2) is 24.5 Å². The highest BCUT2D eigenvalue weighted by molar-refractivity contribution is 5.68. The Labute approximate surface area is 193 Å². The topological polar surface area (TPSA) is 17.1 Å². The van der Waals surface area contributed by atoms with Gasteiger partial charge in [0.15, 0.2) is 0 Å². The van der Waals surface area contributed by atoms with E-state index in [0.717, 1.165) is 13.0 Å². The largest absolute Gasteiger partial charge is 1.00 e. The number of rotatable bonds is 17. The molecule has 2 nitrogen and oxygen atoms in total. The number of carbonyl (C=O) groups is 1. The summed E-state index contributed by atoms with van der Waals surface area (Å²) in [6.45, 7) is 3.06. The van der Waals surface area contributed by atoms with Gasteiger partial charge in [0.05, 0.1) is 20.5 Å². The van der Waals surface area contributed by atoms with Gasteiger partial charge in [-0.2, -0.15) is 0 Å². The van der Waals surface area contributed by atoms with Gasteiger partial charge in [-0.1, -0.05) is 101 Å². The summed E-state index contributed by atoms with van der Waals surface area (Å²) in [5.74, 6) is 0.353. The highest BCUT2D eigenvalue weighted by atomic mass is 35.5. The van der Waals surface area contributed by atoms with Crippen LogP contribution in [0.3, 0.4) is 0 Å². The summed E-state index contributed by atoms with van der Waals surface area (Å²) < 4.78 is 0.452. The second kappa shape index (κ2) is 18.6. The van der Waals surface area contributed by atoms with Gasteiger partial charge in [0.2, 0.25) is 0 Å². The van der Waals surface area contributed by atoms with Gasteiger partial charge in [0.25, 0.3) is 0 Å². The molecule has 1 aromatic carbocycles. The lowest BCUT2D eigenvalue weighted by molar-refractivity contribution is -0.828.